The molecule has 2 aliphatic rings. The van der Waals surface area contributed by atoms with Crippen LogP contribution in [0.1, 0.15) is 6.42 Å². The summed E-state index contributed by atoms with van der Waals surface area (Å²) >= 11 is 0. The van der Waals surface area contributed by atoms with E-state index in [-0.39, 0.29) is 17.6 Å². The summed E-state index contributed by atoms with van der Waals surface area (Å²) in [6.45, 7) is 2.53. The van der Waals surface area contributed by atoms with Crippen LogP contribution in [0.25, 0.3) is 0 Å². The molecule has 2 N–H and O–H groups in total. The van der Waals surface area contributed by atoms with Gasteiger partial charge in [-0.25, -0.2) is 0 Å². The number of carbonyl (C=O) groups is 1. The van der Waals surface area contributed by atoms with Gasteiger partial charge in [-0.15, -0.1) is 0 Å². The SMILES string of the molecule is COC1(CN2CC(N)C2=O)CCOC1. The fraction of sp³-hybridized carbons (Fsp3) is 0.889. The molecule has 2 fully saturated rings. The number of ether oxygens (including phenoxy) is 2. The summed E-state index contributed by atoms with van der Waals surface area (Å²) in [5.41, 5.74) is 5.21. The molecule has 0 bridgehead atoms. The molecule has 2 rings (SSSR count). The predicted molar refractivity (Wildman–Crippen MR) is 49.7 cm³/mol. The van der Waals surface area contributed by atoms with Gasteiger partial charge in [0, 0.05) is 26.7 Å². The standard InChI is InChI=1S/C9H16N2O3/c1-13-9(2-3-14-6-9)5-11-4-7(10)8(11)12/h7H,2-6,10H2,1H3. The molecule has 0 radical (unpaired) electrons. The molecule has 0 aromatic carbocycles. The second-order valence-electron chi connectivity index (χ2n) is 4.01. The van der Waals surface area contributed by atoms with E-state index in [1.165, 1.54) is 0 Å². The maximum Gasteiger partial charge on any atom is 0.241 e. The van der Waals surface area contributed by atoms with E-state index in [4.69, 9.17) is 15.2 Å². The first kappa shape index (κ1) is 9.89. The number of nitrogens with zero attached hydrogens (tertiary/aromatic N) is 1. The lowest BCUT2D eigenvalue weighted by Gasteiger charge is -2.41. The molecule has 0 aromatic heterocycles. The van der Waals surface area contributed by atoms with E-state index >= 15 is 0 Å². The lowest BCUT2D eigenvalue weighted by atomic mass is 9.99. The van der Waals surface area contributed by atoms with E-state index in [1.807, 2.05) is 0 Å². The van der Waals surface area contributed by atoms with Crippen LogP contribution < -0.4 is 5.73 Å². The molecule has 5 nitrogen and oxygen atoms in total. The molecular weight excluding hydrogens is 184 g/mol. The van der Waals surface area contributed by atoms with Crippen molar-refractivity contribution in [3.63, 3.8) is 0 Å². The minimum atomic E-state index is -0.300. The maximum absolute atomic E-state index is 11.3. The van der Waals surface area contributed by atoms with E-state index in [0.717, 1.165) is 6.42 Å². The van der Waals surface area contributed by atoms with Gasteiger partial charge in [0.05, 0.1) is 13.2 Å². The molecule has 0 spiro atoms. The van der Waals surface area contributed by atoms with Crippen LogP contribution in [0.4, 0.5) is 0 Å². The summed E-state index contributed by atoms with van der Waals surface area (Å²) in [4.78, 5) is 13.1. The fourth-order valence-corrected chi connectivity index (χ4v) is 1.96. The molecule has 2 saturated heterocycles. The van der Waals surface area contributed by atoms with Crippen molar-refractivity contribution in [2.45, 2.75) is 18.1 Å². The summed E-state index contributed by atoms with van der Waals surface area (Å²) in [6.07, 6.45) is 0.850. The van der Waals surface area contributed by atoms with E-state index in [9.17, 15) is 4.79 Å². The molecule has 5 heteroatoms. The van der Waals surface area contributed by atoms with Crippen molar-refractivity contribution in [3.05, 3.63) is 0 Å². The lowest BCUT2D eigenvalue weighted by molar-refractivity contribution is -0.148. The Labute approximate surface area is 83.1 Å². The van der Waals surface area contributed by atoms with Crippen molar-refractivity contribution < 1.29 is 14.3 Å². The van der Waals surface area contributed by atoms with Crippen LogP contribution in [0, 0.1) is 0 Å². The highest BCUT2D eigenvalue weighted by Crippen LogP contribution is 2.25. The summed E-state index contributed by atoms with van der Waals surface area (Å²) in [6, 6.07) is -0.300. The monoisotopic (exact) mass is 200 g/mol. The van der Waals surface area contributed by atoms with Gasteiger partial charge in [0.25, 0.3) is 0 Å². The van der Waals surface area contributed by atoms with Crippen LogP contribution in [0.3, 0.4) is 0 Å². The molecule has 2 atom stereocenters. The molecule has 14 heavy (non-hydrogen) atoms. The van der Waals surface area contributed by atoms with Crippen molar-refractivity contribution in [3.8, 4) is 0 Å². The molecular formula is C9H16N2O3. The topological polar surface area (TPSA) is 64.8 Å². The zero-order chi connectivity index (χ0) is 10.2. The summed E-state index contributed by atoms with van der Waals surface area (Å²) in [5, 5.41) is 0. The van der Waals surface area contributed by atoms with Crippen molar-refractivity contribution in [1.82, 2.24) is 4.90 Å². The minimum Gasteiger partial charge on any atom is -0.378 e. The Morgan fingerprint density at radius 3 is 3.00 bits per heavy atom. The van der Waals surface area contributed by atoms with Gasteiger partial charge in [-0.2, -0.15) is 0 Å². The zero-order valence-corrected chi connectivity index (χ0v) is 8.36. The number of nitrogens with two attached hydrogens (primary N) is 1. The average molecular weight is 200 g/mol. The van der Waals surface area contributed by atoms with Crippen LogP contribution in [-0.4, -0.2) is 55.9 Å². The third-order valence-corrected chi connectivity index (χ3v) is 3.03. The van der Waals surface area contributed by atoms with E-state index in [2.05, 4.69) is 0 Å². The number of hydrogen-bond acceptors (Lipinski definition) is 4. The lowest BCUT2D eigenvalue weighted by Crippen LogP contribution is -2.64. The van der Waals surface area contributed by atoms with Crippen LogP contribution in [0.2, 0.25) is 0 Å². The van der Waals surface area contributed by atoms with Gasteiger partial charge in [-0.3, -0.25) is 4.79 Å². The summed E-state index contributed by atoms with van der Waals surface area (Å²) in [5.74, 6) is 0.0216. The molecule has 2 aliphatic heterocycles. The highest BCUT2D eigenvalue weighted by Gasteiger charge is 2.43. The minimum absolute atomic E-state index is 0.0216. The van der Waals surface area contributed by atoms with Gasteiger partial charge in [0.2, 0.25) is 5.91 Å². The normalized spacial score (nSPS) is 37.4. The number of likely N-dealkylation sites (tertiary alicyclic amines) is 1. The van der Waals surface area contributed by atoms with Crippen LogP contribution in [0.5, 0.6) is 0 Å². The molecule has 1 amide bonds. The van der Waals surface area contributed by atoms with Crippen molar-refractivity contribution in [2.24, 2.45) is 5.73 Å². The predicted octanol–water partition coefficient (Wildman–Crippen LogP) is -1.04. The highest BCUT2D eigenvalue weighted by atomic mass is 16.5. The van der Waals surface area contributed by atoms with E-state index in [0.29, 0.717) is 26.3 Å². The number of carbonyl (C=O) groups excluding carboxylic acids is 1. The van der Waals surface area contributed by atoms with E-state index in [1.54, 1.807) is 12.0 Å². The van der Waals surface area contributed by atoms with Gasteiger partial charge < -0.3 is 20.1 Å². The van der Waals surface area contributed by atoms with E-state index < -0.39 is 0 Å². The Morgan fingerprint density at radius 2 is 2.57 bits per heavy atom. The Bertz CT molecular complexity index is 238. The summed E-state index contributed by atoms with van der Waals surface area (Å²) < 4.78 is 10.7. The van der Waals surface area contributed by atoms with Crippen molar-refractivity contribution in [1.29, 1.82) is 0 Å². The maximum atomic E-state index is 11.3. The highest BCUT2D eigenvalue weighted by molar-refractivity contribution is 5.87. The first-order valence-corrected chi connectivity index (χ1v) is 4.84. The molecule has 0 saturated carbocycles. The number of methoxy groups -OCH3 is 1. The largest absolute Gasteiger partial charge is 0.378 e. The Balaban J connectivity index is 1.92. The quantitative estimate of drug-likeness (QED) is 0.591. The number of rotatable bonds is 3. The van der Waals surface area contributed by atoms with Gasteiger partial charge in [-0.1, -0.05) is 0 Å². The number of hydrogen-bond donors (Lipinski definition) is 1. The number of amides is 1. The van der Waals surface area contributed by atoms with Crippen molar-refractivity contribution in [2.75, 3.05) is 33.4 Å². The summed E-state index contributed by atoms with van der Waals surface area (Å²) in [7, 11) is 1.67. The Kier molecular flexibility index (Phi) is 2.47. The number of β-lactam (4-membered cyclic amide) rings is 1. The smallest absolute Gasteiger partial charge is 0.241 e. The zero-order valence-electron chi connectivity index (χ0n) is 8.36. The average Bonchev–Trinajstić information content (AvgIpc) is 2.66. The van der Waals surface area contributed by atoms with Gasteiger partial charge >= 0.3 is 0 Å². The van der Waals surface area contributed by atoms with Gasteiger partial charge in [0.1, 0.15) is 11.6 Å². The Hall–Kier alpha value is -0.650. The van der Waals surface area contributed by atoms with Gasteiger partial charge in [-0.05, 0) is 0 Å². The van der Waals surface area contributed by atoms with Crippen LogP contribution in [0.15, 0.2) is 0 Å². The second kappa shape index (κ2) is 3.49. The molecule has 2 unspecified atom stereocenters. The third-order valence-electron chi connectivity index (χ3n) is 3.03. The third kappa shape index (κ3) is 1.51. The van der Waals surface area contributed by atoms with Crippen LogP contribution >= 0.6 is 0 Å². The van der Waals surface area contributed by atoms with Crippen LogP contribution in [-0.2, 0) is 14.3 Å². The molecule has 80 valence electrons. The second-order valence-corrected chi connectivity index (χ2v) is 4.01. The molecule has 0 aliphatic carbocycles. The van der Waals surface area contributed by atoms with Crippen molar-refractivity contribution >= 4 is 5.91 Å². The fourth-order valence-electron chi connectivity index (χ4n) is 1.96. The Morgan fingerprint density at radius 1 is 1.79 bits per heavy atom. The first-order valence-electron chi connectivity index (χ1n) is 4.84. The van der Waals surface area contributed by atoms with Gasteiger partial charge in [0.15, 0.2) is 0 Å². The first-order chi connectivity index (χ1) is 6.67. The molecule has 2 heterocycles. The molecule has 0 aromatic rings.